The molecule has 0 saturated carbocycles. The largest absolute Gasteiger partial charge is 0.343 e. The van der Waals surface area contributed by atoms with Gasteiger partial charge in [0.1, 0.15) is 24.8 Å². The molecule has 1 aromatic carbocycles. The zero-order valence-electron chi connectivity index (χ0n) is 9.69. The summed E-state index contributed by atoms with van der Waals surface area (Å²) in [6.07, 6.45) is 2.99. The van der Waals surface area contributed by atoms with Crippen molar-refractivity contribution in [2.24, 2.45) is 0 Å². The van der Waals surface area contributed by atoms with E-state index in [-0.39, 0.29) is 6.73 Å². The van der Waals surface area contributed by atoms with E-state index in [9.17, 15) is 4.21 Å². The Balaban J connectivity index is 1.94. The van der Waals surface area contributed by atoms with Crippen LogP contribution >= 0.6 is 22.6 Å². The van der Waals surface area contributed by atoms with E-state index < -0.39 is 16.2 Å². The van der Waals surface area contributed by atoms with Crippen molar-refractivity contribution in [3.05, 3.63) is 40.5 Å². The van der Waals surface area contributed by atoms with Crippen molar-refractivity contribution in [3.63, 3.8) is 0 Å². The standard InChI is InChI=1S/C11H12IN3O2S/c1-9(17-8-15-7-13-6-14-15)18(16)11-4-2-10(12)3-5-11/h2-7,9H,8H2,1H3. The van der Waals surface area contributed by atoms with Crippen LogP contribution in [0.1, 0.15) is 6.92 Å². The van der Waals surface area contributed by atoms with E-state index in [1.54, 1.807) is 17.9 Å². The van der Waals surface area contributed by atoms with Gasteiger partial charge in [0.15, 0.2) is 0 Å². The van der Waals surface area contributed by atoms with E-state index in [0.29, 0.717) is 0 Å². The molecule has 0 radical (unpaired) electrons. The third kappa shape index (κ3) is 3.59. The van der Waals surface area contributed by atoms with Crippen molar-refractivity contribution in [2.45, 2.75) is 24.0 Å². The molecule has 0 saturated heterocycles. The van der Waals surface area contributed by atoms with Gasteiger partial charge in [0.05, 0.1) is 10.8 Å². The Morgan fingerprint density at radius 1 is 1.44 bits per heavy atom. The highest BCUT2D eigenvalue weighted by molar-refractivity contribution is 14.1. The molecule has 2 aromatic rings. The van der Waals surface area contributed by atoms with E-state index >= 15 is 0 Å². The number of rotatable bonds is 5. The molecule has 1 heterocycles. The molecule has 0 aliphatic carbocycles. The molecule has 2 atom stereocenters. The molecule has 2 rings (SSSR count). The van der Waals surface area contributed by atoms with Crippen LogP contribution in [-0.2, 0) is 22.3 Å². The number of benzene rings is 1. The Morgan fingerprint density at radius 2 is 2.17 bits per heavy atom. The van der Waals surface area contributed by atoms with Gasteiger partial charge in [0.25, 0.3) is 0 Å². The van der Waals surface area contributed by atoms with Crippen LogP contribution in [0.2, 0.25) is 0 Å². The number of nitrogens with zero attached hydrogens (tertiary/aromatic N) is 3. The van der Waals surface area contributed by atoms with Gasteiger partial charge < -0.3 is 4.74 Å². The SMILES string of the molecule is CC(OCn1cncn1)S(=O)c1ccc(I)cc1. The highest BCUT2D eigenvalue weighted by atomic mass is 127. The van der Waals surface area contributed by atoms with Gasteiger partial charge in [-0.05, 0) is 53.8 Å². The molecule has 1 aromatic heterocycles. The summed E-state index contributed by atoms with van der Waals surface area (Å²) in [5, 5.41) is 3.91. The molecule has 0 amide bonds. The lowest BCUT2D eigenvalue weighted by atomic mass is 10.4. The van der Waals surface area contributed by atoms with Gasteiger partial charge in [-0.3, -0.25) is 4.21 Å². The topological polar surface area (TPSA) is 57.0 Å². The molecule has 7 heteroatoms. The summed E-state index contributed by atoms with van der Waals surface area (Å²) in [5.41, 5.74) is -0.394. The average molecular weight is 377 g/mol. The zero-order valence-corrected chi connectivity index (χ0v) is 12.7. The van der Waals surface area contributed by atoms with Gasteiger partial charge in [-0.15, -0.1) is 0 Å². The molecular formula is C11H12IN3O2S. The van der Waals surface area contributed by atoms with Crippen molar-refractivity contribution >= 4 is 33.4 Å². The van der Waals surface area contributed by atoms with Crippen LogP contribution in [0.5, 0.6) is 0 Å². The maximum absolute atomic E-state index is 12.2. The Kier molecular flexibility index (Phi) is 4.84. The van der Waals surface area contributed by atoms with Crippen molar-refractivity contribution in [2.75, 3.05) is 0 Å². The van der Waals surface area contributed by atoms with Crippen molar-refractivity contribution in [1.29, 1.82) is 0 Å². The van der Waals surface area contributed by atoms with Crippen LogP contribution in [0.25, 0.3) is 0 Å². The van der Waals surface area contributed by atoms with Gasteiger partial charge >= 0.3 is 0 Å². The maximum Gasteiger partial charge on any atom is 0.142 e. The van der Waals surface area contributed by atoms with E-state index in [1.807, 2.05) is 24.3 Å². The third-order valence-corrected chi connectivity index (χ3v) is 4.45. The fraction of sp³-hybridized carbons (Fsp3) is 0.273. The molecule has 0 aliphatic rings. The van der Waals surface area contributed by atoms with Crippen LogP contribution in [0, 0.1) is 3.57 Å². The monoisotopic (exact) mass is 377 g/mol. The molecule has 0 N–H and O–H groups in total. The Hall–Kier alpha value is -0.800. The van der Waals surface area contributed by atoms with Crippen LogP contribution in [-0.4, -0.2) is 24.4 Å². The molecular weight excluding hydrogens is 365 g/mol. The summed E-state index contributed by atoms with van der Waals surface area (Å²) < 4.78 is 20.3. The summed E-state index contributed by atoms with van der Waals surface area (Å²) >= 11 is 2.21. The number of halogens is 1. The smallest absolute Gasteiger partial charge is 0.142 e. The van der Waals surface area contributed by atoms with Crippen LogP contribution in [0.15, 0.2) is 41.8 Å². The van der Waals surface area contributed by atoms with Crippen molar-refractivity contribution in [3.8, 4) is 0 Å². The molecule has 0 spiro atoms. The lowest BCUT2D eigenvalue weighted by molar-refractivity contribution is 0.0564. The Labute approximate surface area is 121 Å². The first-order chi connectivity index (χ1) is 8.66. The van der Waals surface area contributed by atoms with Gasteiger partial charge in [-0.25, -0.2) is 9.67 Å². The fourth-order valence-electron chi connectivity index (χ4n) is 1.30. The first-order valence-electron chi connectivity index (χ1n) is 5.27. The lowest BCUT2D eigenvalue weighted by Crippen LogP contribution is -2.17. The van der Waals surface area contributed by atoms with E-state index in [2.05, 4.69) is 32.7 Å². The normalized spacial score (nSPS) is 14.3. The van der Waals surface area contributed by atoms with Crippen LogP contribution < -0.4 is 0 Å². The molecule has 0 bridgehead atoms. The van der Waals surface area contributed by atoms with E-state index in [1.165, 1.54) is 6.33 Å². The number of hydrogen-bond donors (Lipinski definition) is 0. The molecule has 0 fully saturated rings. The van der Waals surface area contributed by atoms with Gasteiger partial charge in [0.2, 0.25) is 0 Å². The summed E-state index contributed by atoms with van der Waals surface area (Å²) in [5.74, 6) is 0. The minimum absolute atomic E-state index is 0.247. The highest BCUT2D eigenvalue weighted by Gasteiger charge is 2.13. The fourth-order valence-corrected chi connectivity index (χ4v) is 2.63. The third-order valence-electron chi connectivity index (χ3n) is 2.26. The van der Waals surface area contributed by atoms with Crippen LogP contribution in [0.3, 0.4) is 0 Å². The Morgan fingerprint density at radius 3 is 2.78 bits per heavy atom. The van der Waals surface area contributed by atoms with Gasteiger partial charge in [-0.2, -0.15) is 5.10 Å². The molecule has 5 nitrogen and oxygen atoms in total. The highest BCUT2D eigenvalue weighted by Crippen LogP contribution is 2.14. The number of ether oxygens (including phenoxy) is 1. The molecule has 18 heavy (non-hydrogen) atoms. The summed E-state index contributed by atoms with van der Waals surface area (Å²) in [6, 6.07) is 7.57. The molecule has 96 valence electrons. The summed E-state index contributed by atoms with van der Waals surface area (Å²) in [7, 11) is -1.19. The summed E-state index contributed by atoms with van der Waals surface area (Å²) in [6.45, 7) is 2.03. The number of hydrogen-bond acceptors (Lipinski definition) is 4. The minimum atomic E-state index is -1.19. The first kappa shape index (κ1) is 13.6. The quantitative estimate of drug-likeness (QED) is 0.749. The second kappa shape index (κ2) is 6.39. The molecule has 2 unspecified atom stereocenters. The predicted octanol–water partition coefficient (Wildman–Crippen LogP) is 2.01. The predicted molar refractivity (Wildman–Crippen MR) is 76.1 cm³/mol. The van der Waals surface area contributed by atoms with Crippen molar-refractivity contribution in [1.82, 2.24) is 14.8 Å². The number of aromatic nitrogens is 3. The van der Waals surface area contributed by atoms with E-state index in [0.717, 1.165) is 8.47 Å². The van der Waals surface area contributed by atoms with Gasteiger partial charge in [0, 0.05) is 8.47 Å². The second-order valence-corrected chi connectivity index (χ2v) is 6.53. The van der Waals surface area contributed by atoms with Gasteiger partial charge in [-0.1, -0.05) is 0 Å². The van der Waals surface area contributed by atoms with Crippen LogP contribution in [0.4, 0.5) is 0 Å². The summed E-state index contributed by atoms with van der Waals surface area (Å²) in [4.78, 5) is 4.57. The minimum Gasteiger partial charge on any atom is -0.343 e. The Bertz CT molecular complexity index is 516. The van der Waals surface area contributed by atoms with Crippen molar-refractivity contribution < 1.29 is 8.95 Å². The maximum atomic E-state index is 12.2. The zero-order chi connectivity index (χ0) is 13.0. The first-order valence-corrected chi connectivity index (χ1v) is 7.56. The average Bonchev–Trinajstić information content (AvgIpc) is 2.89. The van der Waals surface area contributed by atoms with E-state index in [4.69, 9.17) is 4.74 Å². The molecule has 0 aliphatic heterocycles. The second-order valence-electron chi connectivity index (χ2n) is 3.55. The lowest BCUT2D eigenvalue weighted by Gasteiger charge is -2.12.